The first-order valence-corrected chi connectivity index (χ1v) is 9.63. The number of halogens is 1. The molecule has 0 saturated heterocycles. The average molecular weight is 382 g/mol. The Bertz CT molecular complexity index is 1200. The van der Waals surface area contributed by atoms with Crippen molar-refractivity contribution in [3.8, 4) is 0 Å². The summed E-state index contributed by atoms with van der Waals surface area (Å²) in [6.45, 7) is 0. The summed E-state index contributed by atoms with van der Waals surface area (Å²) in [7, 11) is -3.99. The Hall–Kier alpha value is -3.03. The van der Waals surface area contributed by atoms with Gasteiger partial charge < -0.3 is 5.11 Å². The van der Waals surface area contributed by atoms with Gasteiger partial charge in [0.25, 0.3) is 10.0 Å². The molecule has 2 aromatic heterocycles. The highest BCUT2D eigenvalue weighted by Gasteiger charge is 2.27. The second-order valence-corrected chi connectivity index (χ2v) is 7.81. The molecule has 4 rings (SSSR count). The molecule has 7 heteroatoms. The fourth-order valence-corrected chi connectivity index (χ4v) is 4.51. The molecular weight excluding hydrogens is 367 g/mol. The van der Waals surface area contributed by atoms with E-state index in [1.165, 1.54) is 42.6 Å². The smallest absolute Gasteiger partial charge is 0.269 e. The van der Waals surface area contributed by atoms with E-state index in [9.17, 15) is 17.9 Å². The van der Waals surface area contributed by atoms with E-state index in [1.807, 2.05) is 0 Å². The lowest BCUT2D eigenvalue weighted by Gasteiger charge is -2.16. The Kier molecular flexibility index (Phi) is 4.25. The molecule has 2 aromatic carbocycles. The van der Waals surface area contributed by atoms with Crippen molar-refractivity contribution in [1.29, 1.82) is 0 Å². The van der Waals surface area contributed by atoms with Gasteiger partial charge in [-0.2, -0.15) is 0 Å². The van der Waals surface area contributed by atoms with E-state index in [-0.39, 0.29) is 16.2 Å². The maximum Gasteiger partial charge on any atom is 0.269 e. The van der Waals surface area contributed by atoms with Gasteiger partial charge in [0, 0.05) is 11.6 Å². The van der Waals surface area contributed by atoms with Crippen LogP contribution < -0.4 is 0 Å². The van der Waals surface area contributed by atoms with Crippen LogP contribution in [0.15, 0.2) is 83.9 Å². The van der Waals surface area contributed by atoms with E-state index >= 15 is 0 Å². The highest BCUT2D eigenvalue weighted by Crippen LogP contribution is 2.31. The number of hydrogen-bond donors (Lipinski definition) is 1. The van der Waals surface area contributed by atoms with Gasteiger partial charge in [-0.25, -0.2) is 21.8 Å². The molecule has 2 heterocycles. The van der Waals surface area contributed by atoms with Crippen LogP contribution in [0.3, 0.4) is 0 Å². The largest absolute Gasteiger partial charge is 0.382 e. The summed E-state index contributed by atoms with van der Waals surface area (Å²) in [6.07, 6.45) is 0.228. The summed E-state index contributed by atoms with van der Waals surface area (Å²) in [5.41, 5.74) is 0.736. The van der Waals surface area contributed by atoms with Crippen LogP contribution in [0, 0.1) is 5.82 Å². The summed E-state index contributed by atoms with van der Waals surface area (Å²) in [4.78, 5) is 4.28. The molecule has 0 unspecified atom stereocenters. The number of benzene rings is 2. The van der Waals surface area contributed by atoms with Crippen molar-refractivity contribution in [2.45, 2.75) is 11.0 Å². The molecule has 27 heavy (non-hydrogen) atoms. The van der Waals surface area contributed by atoms with Gasteiger partial charge in [-0.3, -0.25) is 0 Å². The van der Waals surface area contributed by atoms with Crippen molar-refractivity contribution in [3.63, 3.8) is 0 Å². The lowest BCUT2D eigenvalue weighted by atomic mass is 10.1. The third-order valence-corrected chi connectivity index (χ3v) is 6.03. The van der Waals surface area contributed by atoms with Gasteiger partial charge in [0.15, 0.2) is 5.65 Å². The van der Waals surface area contributed by atoms with Crippen molar-refractivity contribution in [2.24, 2.45) is 0 Å². The number of rotatable bonds is 4. The zero-order valence-corrected chi connectivity index (χ0v) is 14.8. The Morgan fingerprint density at radius 1 is 0.963 bits per heavy atom. The van der Waals surface area contributed by atoms with Crippen LogP contribution in [0.25, 0.3) is 11.0 Å². The topological polar surface area (TPSA) is 72.2 Å². The number of hydrogen-bond acceptors (Lipinski definition) is 4. The van der Waals surface area contributed by atoms with Gasteiger partial charge in [0.1, 0.15) is 11.9 Å². The van der Waals surface area contributed by atoms with Crippen LogP contribution in [0.1, 0.15) is 17.4 Å². The van der Waals surface area contributed by atoms with Gasteiger partial charge in [0.05, 0.1) is 10.6 Å². The number of aromatic nitrogens is 2. The molecule has 0 aliphatic carbocycles. The third-order valence-electron chi connectivity index (χ3n) is 4.29. The molecule has 0 radical (unpaired) electrons. The average Bonchev–Trinajstić information content (AvgIpc) is 3.09. The summed E-state index contributed by atoms with van der Waals surface area (Å²) in [6, 6.07) is 18.2. The van der Waals surface area contributed by atoms with Crippen molar-refractivity contribution in [1.82, 2.24) is 8.96 Å². The molecule has 4 aromatic rings. The minimum Gasteiger partial charge on any atom is -0.382 e. The summed E-state index contributed by atoms with van der Waals surface area (Å²) < 4.78 is 40.8. The van der Waals surface area contributed by atoms with E-state index in [0.29, 0.717) is 10.9 Å². The lowest BCUT2D eigenvalue weighted by molar-refractivity contribution is 0.214. The molecule has 136 valence electrons. The van der Waals surface area contributed by atoms with Crippen molar-refractivity contribution < 1.29 is 17.9 Å². The van der Waals surface area contributed by atoms with Gasteiger partial charge >= 0.3 is 0 Å². The first-order valence-electron chi connectivity index (χ1n) is 8.19. The van der Waals surface area contributed by atoms with E-state index < -0.39 is 21.9 Å². The highest BCUT2D eigenvalue weighted by atomic mass is 32.2. The summed E-state index contributed by atoms with van der Waals surface area (Å²) in [5, 5.41) is 11.4. The normalized spacial score (nSPS) is 13.0. The Balaban J connectivity index is 1.97. The monoisotopic (exact) mass is 382 g/mol. The van der Waals surface area contributed by atoms with Gasteiger partial charge in [-0.05, 0) is 48.0 Å². The predicted octanol–water partition coefficient (Wildman–Crippen LogP) is 3.49. The van der Waals surface area contributed by atoms with Crippen molar-refractivity contribution in [3.05, 3.63) is 96.1 Å². The minimum absolute atomic E-state index is 0.0840. The minimum atomic E-state index is -3.99. The second-order valence-electron chi connectivity index (χ2n) is 6.02. The van der Waals surface area contributed by atoms with Crippen LogP contribution in [0.4, 0.5) is 4.39 Å². The molecule has 0 aliphatic rings. The van der Waals surface area contributed by atoms with Gasteiger partial charge in [0.2, 0.25) is 0 Å². The number of fused-ring (bicyclic) bond motifs is 1. The van der Waals surface area contributed by atoms with Gasteiger partial charge in [-0.15, -0.1) is 0 Å². The van der Waals surface area contributed by atoms with Gasteiger partial charge in [-0.1, -0.05) is 30.3 Å². The standard InChI is InChI=1S/C20H15FN2O3S/c21-16-10-8-14(9-11-16)19(24)18-13-15-5-4-12-22-20(15)23(18)27(25,26)17-6-2-1-3-7-17/h1-13,19,24H/t19-/m1/s1. The maximum atomic E-state index is 13.3. The molecule has 0 aliphatic heterocycles. The third kappa shape index (κ3) is 3.01. The van der Waals surface area contributed by atoms with E-state index in [0.717, 1.165) is 3.97 Å². The second kappa shape index (κ2) is 6.61. The maximum absolute atomic E-state index is 13.3. The molecule has 0 bridgehead atoms. The molecule has 5 nitrogen and oxygen atoms in total. The Morgan fingerprint density at radius 2 is 1.67 bits per heavy atom. The molecule has 0 spiro atoms. The van der Waals surface area contributed by atoms with Crippen molar-refractivity contribution in [2.75, 3.05) is 0 Å². The molecule has 0 fully saturated rings. The lowest BCUT2D eigenvalue weighted by Crippen LogP contribution is -2.18. The molecule has 1 N–H and O–H groups in total. The zero-order valence-electron chi connectivity index (χ0n) is 14.0. The number of nitrogens with zero attached hydrogens (tertiary/aromatic N) is 2. The first kappa shape index (κ1) is 17.4. The fourth-order valence-electron chi connectivity index (χ4n) is 2.99. The summed E-state index contributed by atoms with van der Waals surface area (Å²) in [5.74, 6) is -0.440. The number of aliphatic hydroxyl groups is 1. The Labute approximate surface area is 155 Å². The SMILES string of the molecule is O=S(=O)(c1ccccc1)n1c([C@H](O)c2ccc(F)cc2)cc2cccnc21. The zero-order chi connectivity index (χ0) is 19.0. The van der Waals surface area contributed by atoms with E-state index in [1.54, 1.807) is 36.4 Å². The summed E-state index contributed by atoms with van der Waals surface area (Å²) >= 11 is 0. The van der Waals surface area contributed by atoms with Crippen LogP contribution in [0.2, 0.25) is 0 Å². The van der Waals surface area contributed by atoms with Crippen LogP contribution in [-0.4, -0.2) is 22.5 Å². The Morgan fingerprint density at radius 3 is 2.37 bits per heavy atom. The molecule has 0 amide bonds. The molecular formula is C20H15FN2O3S. The molecule has 1 atom stereocenters. The number of aliphatic hydroxyl groups excluding tert-OH is 1. The van der Waals surface area contributed by atoms with Crippen molar-refractivity contribution >= 4 is 21.1 Å². The number of pyridine rings is 1. The van der Waals surface area contributed by atoms with Crippen LogP contribution in [-0.2, 0) is 10.0 Å². The van der Waals surface area contributed by atoms with Crippen LogP contribution in [0.5, 0.6) is 0 Å². The quantitative estimate of drug-likeness (QED) is 0.586. The predicted molar refractivity (Wildman–Crippen MR) is 99.2 cm³/mol. The van der Waals surface area contributed by atoms with E-state index in [2.05, 4.69) is 4.98 Å². The molecule has 0 saturated carbocycles. The fraction of sp³-hybridized carbons (Fsp3) is 0.0500. The first-order chi connectivity index (χ1) is 13.0. The highest BCUT2D eigenvalue weighted by molar-refractivity contribution is 7.90. The van der Waals surface area contributed by atoms with E-state index in [4.69, 9.17) is 0 Å². The van der Waals surface area contributed by atoms with Crippen LogP contribution >= 0.6 is 0 Å².